The van der Waals surface area contributed by atoms with E-state index >= 15 is 0 Å². The number of rotatable bonds is 8. The Hall–Kier alpha value is -3.11. The normalized spacial score (nSPS) is 12.9. The van der Waals surface area contributed by atoms with Crippen LogP contribution in [0.3, 0.4) is 0 Å². The van der Waals surface area contributed by atoms with E-state index in [4.69, 9.17) is 21.4 Å². The molecule has 1 unspecified atom stereocenters. The van der Waals surface area contributed by atoms with Crippen LogP contribution in [0.4, 0.5) is 10.5 Å². The molecule has 0 aliphatic heterocycles. The average molecular weight is 605 g/mol. The molecule has 9 heteroatoms. The Kier molecular flexibility index (Phi) is 7.92. The smallest absolute Gasteiger partial charge is 0.407 e. The molecule has 3 aromatic rings. The van der Waals surface area contributed by atoms with Crippen molar-refractivity contribution in [2.75, 3.05) is 11.9 Å². The lowest BCUT2D eigenvalue weighted by molar-refractivity contribution is -0.137. The number of carboxylic acid groups (broad SMARTS) is 1. The lowest BCUT2D eigenvalue weighted by Gasteiger charge is -2.20. The number of anilines is 1. The first-order valence-corrected chi connectivity index (χ1v) is 12.4. The fourth-order valence-electron chi connectivity index (χ4n) is 4.13. The summed E-state index contributed by atoms with van der Waals surface area (Å²) in [6.45, 7) is 0.0827. The minimum Gasteiger partial charge on any atom is -0.481 e. The van der Waals surface area contributed by atoms with Crippen LogP contribution in [0.15, 0.2) is 66.7 Å². The molecule has 35 heavy (non-hydrogen) atoms. The number of nitrogens with one attached hydrogen (secondary N) is 2. The van der Waals surface area contributed by atoms with Gasteiger partial charge in [0.1, 0.15) is 12.6 Å². The number of carbonyl (C=O) groups is 3. The standard InChI is InChI=1S/C26H22ClIN2O5/c27-15-9-10-21(28)23(13-15)29-25(33)22(11-12-24(31)32)30-26(34)35-14-20-18-7-3-1-5-16(18)17-6-2-4-8-19(17)20/h1-10,13,20,22H,11-12,14H2,(H,29,33)(H,30,34)(H,31,32). The number of benzene rings is 3. The van der Waals surface area contributed by atoms with E-state index in [1.165, 1.54) is 0 Å². The van der Waals surface area contributed by atoms with Crippen LogP contribution in [0.1, 0.15) is 29.9 Å². The van der Waals surface area contributed by atoms with E-state index in [0.717, 1.165) is 25.8 Å². The van der Waals surface area contributed by atoms with E-state index in [9.17, 15) is 14.4 Å². The van der Waals surface area contributed by atoms with Crippen molar-refractivity contribution in [3.8, 4) is 11.1 Å². The highest BCUT2D eigenvalue weighted by atomic mass is 127. The topological polar surface area (TPSA) is 105 Å². The van der Waals surface area contributed by atoms with Gasteiger partial charge in [-0.1, -0.05) is 60.1 Å². The highest BCUT2D eigenvalue weighted by Crippen LogP contribution is 2.44. The Morgan fingerprint density at radius 2 is 1.63 bits per heavy atom. The summed E-state index contributed by atoms with van der Waals surface area (Å²) in [5.74, 6) is -1.76. The third-order valence-electron chi connectivity index (χ3n) is 5.79. The fraction of sp³-hybridized carbons (Fsp3) is 0.192. The van der Waals surface area contributed by atoms with Gasteiger partial charge >= 0.3 is 12.1 Å². The summed E-state index contributed by atoms with van der Waals surface area (Å²) in [4.78, 5) is 36.7. The molecule has 0 bridgehead atoms. The van der Waals surface area contributed by atoms with Gasteiger partial charge in [-0.05, 0) is 69.5 Å². The van der Waals surface area contributed by atoms with Gasteiger partial charge in [0.15, 0.2) is 0 Å². The molecule has 1 aliphatic carbocycles. The number of amides is 2. The molecular formula is C26H22ClIN2O5. The predicted molar refractivity (Wildman–Crippen MR) is 142 cm³/mol. The Morgan fingerprint density at radius 1 is 1.00 bits per heavy atom. The van der Waals surface area contributed by atoms with Crippen molar-refractivity contribution in [1.82, 2.24) is 5.32 Å². The lowest BCUT2D eigenvalue weighted by Crippen LogP contribution is -2.44. The summed E-state index contributed by atoms with van der Waals surface area (Å²) < 4.78 is 6.27. The molecule has 3 N–H and O–H groups in total. The number of hydrogen-bond acceptors (Lipinski definition) is 4. The van der Waals surface area contributed by atoms with E-state index in [0.29, 0.717) is 10.7 Å². The molecular weight excluding hydrogens is 583 g/mol. The van der Waals surface area contributed by atoms with Crippen molar-refractivity contribution >= 4 is 57.8 Å². The zero-order valence-electron chi connectivity index (χ0n) is 18.5. The second-order valence-electron chi connectivity index (χ2n) is 8.07. The molecule has 0 saturated heterocycles. The van der Waals surface area contributed by atoms with E-state index in [-0.39, 0.29) is 25.4 Å². The molecule has 1 atom stereocenters. The average Bonchev–Trinajstić information content (AvgIpc) is 3.16. The monoisotopic (exact) mass is 604 g/mol. The van der Waals surface area contributed by atoms with Gasteiger partial charge < -0.3 is 20.5 Å². The Bertz CT molecular complexity index is 1240. The quantitative estimate of drug-likeness (QED) is 0.288. The van der Waals surface area contributed by atoms with Gasteiger partial charge in [-0.2, -0.15) is 0 Å². The van der Waals surface area contributed by atoms with Gasteiger partial charge in [0, 0.05) is 20.9 Å². The molecule has 7 nitrogen and oxygen atoms in total. The maximum atomic E-state index is 12.9. The molecule has 0 heterocycles. The fourth-order valence-corrected chi connectivity index (χ4v) is 4.77. The molecule has 0 fully saturated rings. The zero-order chi connectivity index (χ0) is 24.9. The van der Waals surface area contributed by atoms with Crippen LogP contribution in [0.25, 0.3) is 11.1 Å². The van der Waals surface area contributed by atoms with Crippen molar-refractivity contribution < 1.29 is 24.2 Å². The first-order chi connectivity index (χ1) is 16.8. The van der Waals surface area contributed by atoms with Crippen molar-refractivity contribution in [2.45, 2.75) is 24.8 Å². The first kappa shape index (κ1) is 25.0. The first-order valence-electron chi connectivity index (χ1n) is 10.9. The number of fused-ring (bicyclic) bond motifs is 3. The Balaban J connectivity index is 1.44. The van der Waals surface area contributed by atoms with Gasteiger partial charge in [0.05, 0.1) is 5.69 Å². The molecule has 0 spiro atoms. The number of hydrogen-bond donors (Lipinski definition) is 3. The van der Waals surface area contributed by atoms with Crippen LogP contribution in [-0.4, -0.2) is 35.7 Å². The largest absolute Gasteiger partial charge is 0.481 e. The summed E-state index contributed by atoms with van der Waals surface area (Å²) in [5, 5.41) is 14.8. The molecule has 180 valence electrons. The van der Waals surface area contributed by atoms with Crippen LogP contribution in [0, 0.1) is 3.57 Å². The summed E-state index contributed by atoms with van der Waals surface area (Å²) in [6.07, 6.45) is -1.19. The summed E-state index contributed by atoms with van der Waals surface area (Å²) in [5.41, 5.74) is 4.81. The Labute approximate surface area is 221 Å². The summed E-state index contributed by atoms with van der Waals surface area (Å²) in [7, 11) is 0. The van der Waals surface area contributed by atoms with Gasteiger partial charge in [0.2, 0.25) is 5.91 Å². The maximum Gasteiger partial charge on any atom is 0.407 e. The second kappa shape index (κ2) is 11.1. The van der Waals surface area contributed by atoms with Gasteiger partial charge in [-0.3, -0.25) is 9.59 Å². The van der Waals surface area contributed by atoms with Crippen molar-refractivity contribution in [1.29, 1.82) is 0 Å². The van der Waals surface area contributed by atoms with E-state index < -0.39 is 24.0 Å². The molecule has 0 saturated carbocycles. The number of carboxylic acids is 1. The van der Waals surface area contributed by atoms with E-state index in [2.05, 4.69) is 10.6 Å². The molecule has 3 aromatic carbocycles. The molecule has 0 aromatic heterocycles. The lowest BCUT2D eigenvalue weighted by atomic mass is 9.98. The molecule has 0 radical (unpaired) electrons. The minimum atomic E-state index is -1.10. The zero-order valence-corrected chi connectivity index (χ0v) is 21.4. The van der Waals surface area contributed by atoms with Crippen LogP contribution in [-0.2, 0) is 14.3 Å². The SMILES string of the molecule is O=C(O)CCC(NC(=O)OCC1c2ccccc2-c2ccccc21)C(=O)Nc1cc(Cl)ccc1I. The summed E-state index contributed by atoms with van der Waals surface area (Å²) in [6, 6.07) is 19.8. The third-order valence-corrected chi connectivity index (χ3v) is 6.96. The second-order valence-corrected chi connectivity index (χ2v) is 9.67. The number of ether oxygens (including phenoxy) is 1. The van der Waals surface area contributed by atoms with Gasteiger partial charge in [-0.25, -0.2) is 4.79 Å². The number of alkyl carbamates (subject to hydrolysis) is 1. The number of aliphatic carboxylic acids is 1. The number of carbonyl (C=O) groups excluding carboxylic acids is 2. The highest BCUT2D eigenvalue weighted by molar-refractivity contribution is 14.1. The van der Waals surface area contributed by atoms with Crippen LogP contribution in [0.2, 0.25) is 5.02 Å². The third kappa shape index (κ3) is 5.94. The number of halogens is 2. The van der Waals surface area contributed by atoms with Crippen molar-refractivity contribution in [2.24, 2.45) is 0 Å². The van der Waals surface area contributed by atoms with Crippen LogP contribution >= 0.6 is 34.2 Å². The van der Waals surface area contributed by atoms with Crippen LogP contribution < -0.4 is 10.6 Å². The van der Waals surface area contributed by atoms with E-state index in [1.54, 1.807) is 18.2 Å². The highest BCUT2D eigenvalue weighted by Gasteiger charge is 2.30. The Morgan fingerprint density at radius 3 is 2.26 bits per heavy atom. The van der Waals surface area contributed by atoms with Gasteiger partial charge in [-0.15, -0.1) is 0 Å². The predicted octanol–water partition coefficient (Wildman–Crippen LogP) is 5.66. The van der Waals surface area contributed by atoms with Crippen LogP contribution in [0.5, 0.6) is 0 Å². The van der Waals surface area contributed by atoms with Crippen molar-refractivity contribution in [3.05, 3.63) is 86.4 Å². The summed E-state index contributed by atoms with van der Waals surface area (Å²) >= 11 is 8.07. The minimum absolute atomic E-state index is 0.0827. The van der Waals surface area contributed by atoms with E-state index in [1.807, 2.05) is 71.1 Å². The molecule has 1 aliphatic rings. The molecule has 4 rings (SSSR count). The van der Waals surface area contributed by atoms with Crippen molar-refractivity contribution in [3.63, 3.8) is 0 Å². The molecule has 2 amide bonds. The maximum absolute atomic E-state index is 12.9. The van der Waals surface area contributed by atoms with Gasteiger partial charge in [0.25, 0.3) is 0 Å².